The lowest BCUT2D eigenvalue weighted by atomic mass is 10.1. The summed E-state index contributed by atoms with van der Waals surface area (Å²) in [5, 5.41) is 5.53. The van der Waals surface area contributed by atoms with Crippen LogP contribution in [0.1, 0.15) is 42.7 Å². The van der Waals surface area contributed by atoms with Gasteiger partial charge in [0.25, 0.3) is 5.91 Å². The Bertz CT molecular complexity index is 526. The van der Waals surface area contributed by atoms with Crippen molar-refractivity contribution in [1.29, 1.82) is 0 Å². The average Bonchev–Trinajstić information content (AvgIpc) is 3.21. The average molecular weight is 276 g/mol. The largest absolute Gasteiger partial charge is 0.384 e. The molecule has 1 unspecified atom stereocenters. The van der Waals surface area contributed by atoms with Crippen LogP contribution < -0.4 is 16.4 Å². The van der Waals surface area contributed by atoms with Crippen LogP contribution >= 0.6 is 0 Å². The Morgan fingerprint density at radius 2 is 2.15 bits per heavy atom. The molecule has 6 heteroatoms. The number of nitrogens with two attached hydrogens (primary N) is 1. The fourth-order valence-electron chi connectivity index (χ4n) is 1.82. The van der Waals surface area contributed by atoms with Crippen LogP contribution in [0.5, 0.6) is 0 Å². The van der Waals surface area contributed by atoms with Crippen LogP contribution in [0.15, 0.2) is 12.1 Å². The lowest BCUT2D eigenvalue weighted by molar-refractivity contribution is -0.122. The summed E-state index contributed by atoms with van der Waals surface area (Å²) in [6.45, 7) is 3.61. The summed E-state index contributed by atoms with van der Waals surface area (Å²) < 4.78 is 0. The monoisotopic (exact) mass is 276 g/mol. The Hall–Kier alpha value is -2.11. The zero-order valence-corrected chi connectivity index (χ0v) is 11.8. The molecule has 0 aromatic carbocycles. The lowest BCUT2D eigenvalue weighted by Crippen LogP contribution is -2.45. The summed E-state index contributed by atoms with van der Waals surface area (Å²) in [5.74, 6) is -0.157. The Morgan fingerprint density at radius 1 is 1.45 bits per heavy atom. The molecule has 1 saturated carbocycles. The van der Waals surface area contributed by atoms with Crippen molar-refractivity contribution in [3.05, 3.63) is 23.4 Å². The van der Waals surface area contributed by atoms with E-state index in [9.17, 15) is 9.59 Å². The number of amides is 2. The molecule has 108 valence electrons. The van der Waals surface area contributed by atoms with Crippen LogP contribution in [0.25, 0.3) is 0 Å². The van der Waals surface area contributed by atoms with Gasteiger partial charge in [-0.05, 0) is 38.3 Å². The molecule has 20 heavy (non-hydrogen) atoms. The van der Waals surface area contributed by atoms with E-state index in [1.165, 1.54) is 6.07 Å². The molecule has 0 bridgehead atoms. The van der Waals surface area contributed by atoms with Crippen LogP contribution in [0.4, 0.5) is 5.82 Å². The second kappa shape index (κ2) is 5.90. The van der Waals surface area contributed by atoms with Gasteiger partial charge in [0.1, 0.15) is 11.9 Å². The predicted molar refractivity (Wildman–Crippen MR) is 76.1 cm³/mol. The van der Waals surface area contributed by atoms with Crippen molar-refractivity contribution in [1.82, 2.24) is 15.6 Å². The fraction of sp³-hybridized carbons (Fsp3) is 0.500. The number of pyridine rings is 1. The Labute approximate surface area is 118 Å². The molecule has 0 aliphatic heterocycles. The van der Waals surface area contributed by atoms with Gasteiger partial charge in [-0.3, -0.25) is 9.59 Å². The molecule has 1 aliphatic rings. The highest BCUT2D eigenvalue weighted by atomic mass is 16.2. The van der Waals surface area contributed by atoms with E-state index in [0.29, 0.717) is 17.8 Å². The van der Waals surface area contributed by atoms with Crippen LogP contribution in [0.2, 0.25) is 0 Å². The van der Waals surface area contributed by atoms with Crippen LogP contribution in [-0.4, -0.2) is 28.9 Å². The van der Waals surface area contributed by atoms with Gasteiger partial charge < -0.3 is 16.4 Å². The summed E-state index contributed by atoms with van der Waals surface area (Å²) in [6, 6.07) is 2.92. The molecular formula is C14H20N4O2. The Morgan fingerprint density at radius 3 is 2.75 bits per heavy atom. The topological polar surface area (TPSA) is 97.1 Å². The van der Waals surface area contributed by atoms with Crippen LogP contribution in [0, 0.1) is 0 Å². The van der Waals surface area contributed by atoms with Gasteiger partial charge >= 0.3 is 0 Å². The van der Waals surface area contributed by atoms with Gasteiger partial charge in [0, 0.05) is 17.3 Å². The van der Waals surface area contributed by atoms with Gasteiger partial charge in [0.15, 0.2) is 0 Å². The summed E-state index contributed by atoms with van der Waals surface area (Å²) in [5.41, 5.74) is 6.85. The molecule has 2 rings (SSSR count). The second-order valence-electron chi connectivity index (χ2n) is 5.10. The molecule has 0 spiro atoms. The number of carbonyl (C=O) groups excluding carboxylic acids is 2. The van der Waals surface area contributed by atoms with Crippen molar-refractivity contribution in [2.45, 2.75) is 45.2 Å². The molecular weight excluding hydrogens is 256 g/mol. The first-order valence-corrected chi connectivity index (χ1v) is 6.87. The number of hydrogen-bond acceptors (Lipinski definition) is 4. The van der Waals surface area contributed by atoms with Crippen molar-refractivity contribution in [2.24, 2.45) is 0 Å². The molecule has 1 heterocycles. The van der Waals surface area contributed by atoms with Gasteiger partial charge in [-0.2, -0.15) is 0 Å². The smallest absolute Gasteiger partial charge is 0.252 e. The maximum absolute atomic E-state index is 12.1. The molecule has 2 amide bonds. The van der Waals surface area contributed by atoms with E-state index in [-0.39, 0.29) is 17.9 Å². The number of nitrogens with one attached hydrogen (secondary N) is 2. The maximum Gasteiger partial charge on any atom is 0.252 e. The minimum absolute atomic E-state index is 0.154. The number of nitrogen functional groups attached to an aromatic ring is 1. The Kier molecular flexibility index (Phi) is 4.22. The van der Waals surface area contributed by atoms with Gasteiger partial charge in [-0.1, -0.05) is 6.92 Å². The lowest BCUT2D eigenvalue weighted by Gasteiger charge is -2.14. The highest BCUT2D eigenvalue weighted by Crippen LogP contribution is 2.18. The normalized spacial score (nSPS) is 15.5. The first-order chi connectivity index (χ1) is 9.49. The zero-order valence-electron chi connectivity index (χ0n) is 11.8. The minimum Gasteiger partial charge on any atom is -0.384 e. The zero-order chi connectivity index (χ0) is 14.7. The third-order valence-electron chi connectivity index (χ3n) is 3.19. The summed E-state index contributed by atoms with van der Waals surface area (Å²) in [4.78, 5) is 28.0. The predicted octanol–water partition coefficient (Wildman–Crippen LogP) is 0.623. The Balaban J connectivity index is 1.99. The van der Waals surface area contributed by atoms with E-state index in [0.717, 1.165) is 18.5 Å². The summed E-state index contributed by atoms with van der Waals surface area (Å²) in [6.07, 6.45) is 2.74. The number of rotatable bonds is 5. The number of aryl methyl sites for hydroxylation is 1. The fourth-order valence-corrected chi connectivity index (χ4v) is 1.82. The van der Waals surface area contributed by atoms with Gasteiger partial charge in [-0.25, -0.2) is 4.98 Å². The van der Waals surface area contributed by atoms with Crippen LogP contribution in [-0.2, 0) is 11.2 Å². The van der Waals surface area contributed by atoms with Gasteiger partial charge in [0.05, 0.1) is 0 Å². The van der Waals surface area contributed by atoms with E-state index >= 15 is 0 Å². The SMILES string of the molecule is CCc1cc(C(=O)NC(C)C(=O)NC2CC2)cc(N)n1. The maximum atomic E-state index is 12.1. The molecule has 1 atom stereocenters. The van der Waals surface area contributed by atoms with Crippen molar-refractivity contribution >= 4 is 17.6 Å². The number of carbonyl (C=O) groups is 2. The molecule has 0 saturated heterocycles. The van der Waals surface area contributed by atoms with Crippen molar-refractivity contribution < 1.29 is 9.59 Å². The van der Waals surface area contributed by atoms with E-state index in [1.54, 1.807) is 13.0 Å². The quantitative estimate of drug-likeness (QED) is 0.734. The van der Waals surface area contributed by atoms with E-state index < -0.39 is 6.04 Å². The third kappa shape index (κ3) is 3.69. The minimum atomic E-state index is -0.567. The molecule has 1 aliphatic carbocycles. The molecule has 1 aromatic heterocycles. The molecule has 4 N–H and O–H groups in total. The van der Waals surface area contributed by atoms with Gasteiger partial charge in [0.2, 0.25) is 5.91 Å². The number of anilines is 1. The first kappa shape index (κ1) is 14.3. The summed E-state index contributed by atoms with van der Waals surface area (Å²) >= 11 is 0. The first-order valence-electron chi connectivity index (χ1n) is 6.87. The van der Waals surface area contributed by atoms with Crippen LogP contribution in [0.3, 0.4) is 0 Å². The van der Waals surface area contributed by atoms with Crippen molar-refractivity contribution in [3.63, 3.8) is 0 Å². The number of nitrogens with zero attached hydrogens (tertiary/aromatic N) is 1. The number of hydrogen-bond donors (Lipinski definition) is 3. The van der Waals surface area contributed by atoms with E-state index in [4.69, 9.17) is 5.73 Å². The standard InChI is InChI=1S/C14H20N4O2/c1-3-10-6-9(7-12(15)17-10)14(20)16-8(2)13(19)18-11-4-5-11/h6-8,11H,3-5H2,1-2H3,(H2,15,17)(H,16,20)(H,18,19). The van der Waals surface area contributed by atoms with E-state index in [1.807, 2.05) is 6.92 Å². The molecule has 6 nitrogen and oxygen atoms in total. The third-order valence-corrected chi connectivity index (χ3v) is 3.19. The molecule has 0 radical (unpaired) electrons. The molecule has 1 aromatic rings. The number of aromatic nitrogens is 1. The summed E-state index contributed by atoms with van der Waals surface area (Å²) in [7, 11) is 0. The second-order valence-corrected chi connectivity index (χ2v) is 5.10. The van der Waals surface area contributed by atoms with Crippen molar-refractivity contribution in [3.8, 4) is 0 Å². The van der Waals surface area contributed by atoms with Gasteiger partial charge in [-0.15, -0.1) is 0 Å². The van der Waals surface area contributed by atoms with Crippen molar-refractivity contribution in [2.75, 3.05) is 5.73 Å². The highest BCUT2D eigenvalue weighted by molar-refractivity contribution is 5.98. The molecule has 1 fully saturated rings. The highest BCUT2D eigenvalue weighted by Gasteiger charge is 2.26. The van der Waals surface area contributed by atoms with E-state index in [2.05, 4.69) is 15.6 Å².